The molecule has 0 amide bonds. The van der Waals surface area contributed by atoms with E-state index in [0.717, 1.165) is 23.6 Å². The molecule has 1 atom stereocenters. The van der Waals surface area contributed by atoms with Crippen LogP contribution in [0.1, 0.15) is 17.0 Å². The maximum Gasteiger partial charge on any atom is 0.291 e. The molecule has 3 aromatic rings. The predicted octanol–water partition coefficient (Wildman–Crippen LogP) is 4.87. The highest BCUT2D eigenvalue weighted by Crippen LogP contribution is 2.28. The lowest BCUT2D eigenvalue weighted by Gasteiger charge is -2.19. The second kappa shape index (κ2) is 9.79. The monoisotopic (exact) mass is 393 g/mol. The zero-order chi connectivity index (χ0) is 18.9. The summed E-state index contributed by atoms with van der Waals surface area (Å²) in [5, 5.41) is 15.0. The van der Waals surface area contributed by atoms with Crippen LogP contribution in [0.15, 0.2) is 67.3 Å². The van der Waals surface area contributed by atoms with Crippen LogP contribution < -0.4 is 0 Å². The van der Waals surface area contributed by atoms with E-state index in [-0.39, 0.29) is 0 Å². The van der Waals surface area contributed by atoms with Crippen LogP contribution in [-0.2, 0) is 13.0 Å². The third-order valence-electron chi connectivity index (χ3n) is 3.74. The average Bonchev–Trinajstić information content (AvgIpc) is 3.10. The Bertz CT molecular complexity index is 823. The third kappa shape index (κ3) is 6.38. The molecule has 3 rings (SSSR count). The number of hydrogen-bond donors (Lipinski definition) is 1. The normalized spacial score (nSPS) is 11.3. The van der Waals surface area contributed by atoms with E-state index in [2.05, 4.69) is 33.8 Å². The molecule has 1 aromatic heterocycles. The molecule has 0 spiro atoms. The summed E-state index contributed by atoms with van der Waals surface area (Å²) in [6.45, 7) is 0.864. The summed E-state index contributed by atoms with van der Waals surface area (Å²) in [4.78, 5) is 12.5. The molecular formula is C18H17Cl2N3O3. The van der Waals surface area contributed by atoms with E-state index in [1.807, 2.05) is 30.7 Å². The minimum atomic E-state index is -1.50. The van der Waals surface area contributed by atoms with E-state index in [1.54, 1.807) is 12.3 Å². The Morgan fingerprint density at radius 2 is 1.88 bits per heavy atom. The van der Waals surface area contributed by atoms with E-state index in [1.165, 1.54) is 5.56 Å². The Labute approximate surface area is 160 Å². The third-order valence-corrected chi connectivity index (χ3v) is 4.33. The lowest BCUT2D eigenvalue weighted by atomic mass is 9.92. The van der Waals surface area contributed by atoms with Gasteiger partial charge < -0.3 is 9.77 Å². The molecule has 136 valence electrons. The van der Waals surface area contributed by atoms with Gasteiger partial charge in [-0.1, -0.05) is 59.6 Å². The fraction of sp³-hybridized carbons (Fsp3) is 0.167. The number of aromatic nitrogens is 2. The van der Waals surface area contributed by atoms with Crippen LogP contribution in [0.25, 0.3) is 0 Å². The van der Waals surface area contributed by atoms with Crippen molar-refractivity contribution in [2.75, 3.05) is 0 Å². The topological polar surface area (TPSA) is 81.2 Å². The van der Waals surface area contributed by atoms with Gasteiger partial charge in [-0.05, 0) is 29.7 Å². The molecule has 0 bridgehead atoms. The van der Waals surface area contributed by atoms with Gasteiger partial charge >= 0.3 is 0 Å². The first kappa shape index (κ1) is 19.8. The Kier molecular flexibility index (Phi) is 7.44. The van der Waals surface area contributed by atoms with Crippen LogP contribution in [0, 0.1) is 10.1 Å². The molecule has 1 N–H and O–H groups in total. The molecule has 0 aliphatic heterocycles. The van der Waals surface area contributed by atoms with Crippen molar-refractivity contribution in [3.8, 4) is 0 Å². The van der Waals surface area contributed by atoms with Crippen LogP contribution in [0.4, 0.5) is 0 Å². The van der Waals surface area contributed by atoms with Crippen molar-refractivity contribution in [2.45, 2.75) is 18.9 Å². The highest BCUT2D eigenvalue weighted by Gasteiger charge is 2.15. The van der Waals surface area contributed by atoms with Gasteiger partial charge in [0, 0.05) is 34.9 Å². The molecule has 6 nitrogen and oxygen atoms in total. The summed E-state index contributed by atoms with van der Waals surface area (Å²) < 4.78 is 2.10. The smallest absolute Gasteiger partial charge is 0.291 e. The molecule has 2 aromatic carbocycles. The lowest BCUT2D eigenvalue weighted by Crippen LogP contribution is -2.11. The van der Waals surface area contributed by atoms with Crippen LogP contribution in [0.2, 0.25) is 10.0 Å². The summed E-state index contributed by atoms with van der Waals surface area (Å²) in [6, 6.07) is 16.2. The van der Waals surface area contributed by atoms with Crippen molar-refractivity contribution >= 4 is 23.2 Å². The van der Waals surface area contributed by atoms with Crippen molar-refractivity contribution in [1.29, 1.82) is 0 Å². The highest BCUT2D eigenvalue weighted by atomic mass is 35.5. The highest BCUT2D eigenvalue weighted by molar-refractivity contribution is 6.35. The van der Waals surface area contributed by atoms with Gasteiger partial charge in [0.25, 0.3) is 5.09 Å². The minimum absolute atomic E-state index is 0.328. The molecular weight excluding hydrogens is 377 g/mol. The zero-order valence-corrected chi connectivity index (χ0v) is 15.2. The number of benzene rings is 2. The van der Waals surface area contributed by atoms with Gasteiger partial charge in [-0.15, -0.1) is 10.1 Å². The van der Waals surface area contributed by atoms with Crippen molar-refractivity contribution in [1.82, 2.24) is 9.55 Å². The second-order valence-corrected chi connectivity index (χ2v) is 6.39. The van der Waals surface area contributed by atoms with Gasteiger partial charge in [0.15, 0.2) is 0 Å². The van der Waals surface area contributed by atoms with Gasteiger partial charge in [0.2, 0.25) is 0 Å². The number of rotatable bonds is 5. The summed E-state index contributed by atoms with van der Waals surface area (Å²) in [5.74, 6) is 0.328. The second-order valence-electron chi connectivity index (χ2n) is 5.54. The average molecular weight is 394 g/mol. The Morgan fingerprint density at radius 3 is 2.46 bits per heavy atom. The van der Waals surface area contributed by atoms with Crippen molar-refractivity contribution in [3.63, 3.8) is 0 Å². The SMILES string of the molecule is Clc1ccc(CC(Cn2ccnc2)c2ccccc2)c(Cl)c1.O=[N+]([O-])O. The summed E-state index contributed by atoms with van der Waals surface area (Å²) in [7, 11) is 0. The van der Waals surface area contributed by atoms with E-state index >= 15 is 0 Å². The van der Waals surface area contributed by atoms with Crippen molar-refractivity contribution in [2.24, 2.45) is 0 Å². The quantitative estimate of drug-likeness (QED) is 0.495. The minimum Gasteiger partial charge on any atom is -0.337 e. The van der Waals surface area contributed by atoms with Gasteiger partial charge in [0.1, 0.15) is 0 Å². The van der Waals surface area contributed by atoms with E-state index < -0.39 is 5.09 Å². The van der Waals surface area contributed by atoms with Gasteiger partial charge in [-0.2, -0.15) is 0 Å². The fourth-order valence-corrected chi connectivity index (χ4v) is 3.10. The Balaban J connectivity index is 0.000000552. The fourth-order valence-electron chi connectivity index (χ4n) is 2.61. The van der Waals surface area contributed by atoms with Crippen LogP contribution in [-0.4, -0.2) is 19.8 Å². The number of hydrogen-bond acceptors (Lipinski definition) is 3. The first-order chi connectivity index (χ1) is 12.5. The first-order valence-electron chi connectivity index (χ1n) is 7.73. The molecule has 8 heteroatoms. The Morgan fingerprint density at radius 1 is 1.19 bits per heavy atom. The van der Waals surface area contributed by atoms with E-state index in [0.29, 0.717) is 10.9 Å². The first-order valence-corrected chi connectivity index (χ1v) is 8.49. The van der Waals surface area contributed by atoms with Crippen molar-refractivity contribution in [3.05, 3.63) is 98.5 Å². The predicted molar refractivity (Wildman–Crippen MR) is 100 cm³/mol. The standard InChI is InChI=1S/C18H16Cl2N2.HNO3/c19-17-7-6-15(18(20)11-17)10-16(12-22-9-8-21-13-22)14-4-2-1-3-5-14;2-1(3)4/h1-9,11,13,16H,10,12H2;(H,2,3,4). The molecule has 0 saturated carbocycles. The van der Waals surface area contributed by atoms with E-state index in [4.69, 9.17) is 38.5 Å². The molecule has 0 aliphatic carbocycles. The summed E-state index contributed by atoms with van der Waals surface area (Å²) in [5.41, 5.74) is 2.40. The van der Waals surface area contributed by atoms with E-state index in [9.17, 15) is 0 Å². The molecule has 26 heavy (non-hydrogen) atoms. The van der Waals surface area contributed by atoms with Gasteiger partial charge in [0.05, 0.1) is 6.33 Å². The van der Waals surface area contributed by atoms with Crippen LogP contribution in [0.5, 0.6) is 0 Å². The molecule has 1 unspecified atom stereocenters. The molecule has 1 heterocycles. The number of nitrogens with zero attached hydrogens (tertiary/aromatic N) is 3. The van der Waals surface area contributed by atoms with Crippen LogP contribution in [0.3, 0.4) is 0 Å². The van der Waals surface area contributed by atoms with Crippen molar-refractivity contribution < 1.29 is 10.3 Å². The largest absolute Gasteiger partial charge is 0.337 e. The van der Waals surface area contributed by atoms with Crippen LogP contribution >= 0.6 is 23.2 Å². The number of imidazole rings is 1. The zero-order valence-electron chi connectivity index (χ0n) is 13.7. The Hall–Kier alpha value is -2.57. The van der Waals surface area contributed by atoms with Gasteiger partial charge in [-0.3, -0.25) is 0 Å². The summed E-state index contributed by atoms with van der Waals surface area (Å²) >= 11 is 12.3. The lowest BCUT2D eigenvalue weighted by molar-refractivity contribution is -0.742. The maximum atomic E-state index is 8.36. The van der Waals surface area contributed by atoms with Gasteiger partial charge in [-0.25, -0.2) is 4.98 Å². The molecule has 0 aliphatic rings. The maximum absolute atomic E-state index is 8.36. The summed E-state index contributed by atoms with van der Waals surface area (Å²) in [6.07, 6.45) is 6.49. The number of halogens is 2. The molecule has 0 radical (unpaired) electrons. The molecule has 0 saturated heterocycles. The molecule has 0 fully saturated rings.